The first-order valence-electron chi connectivity index (χ1n) is 2.48. The summed E-state index contributed by atoms with van der Waals surface area (Å²) in [6, 6.07) is 0. The van der Waals surface area contributed by atoms with Crippen molar-refractivity contribution in [2.45, 2.75) is 6.92 Å². The summed E-state index contributed by atoms with van der Waals surface area (Å²) in [5.41, 5.74) is 0.433. The fraction of sp³-hybridized carbons (Fsp3) is 0.286. The maximum atomic E-state index is 10.2. The van der Waals surface area contributed by atoms with Gasteiger partial charge in [-0.3, -0.25) is 0 Å². The van der Waals surface area contributed by atoms with Crippen LogP contribution < -0.4 is 0 Å². The maximum Gasteiger partial charge on any atom is 0.332 e. The highest BCUT2D eigenvalue weighted by Gasteiger charge is 1.95. The Kier molecular flexibility index (Phi) is 8.78. The monoisotopic (exact) mass is 142 g/mol. The molecule has 0 fully saturated rings. The van der Waals surface area contributed by atoms with Crippen molar-refractivity contribution in [1.29, 1.82) is 0 Å². The zero-order chi connectivity index (χ0) is 8.57. The Balaban J connectivity index is 0. The van der Waals surface area contributed by atoms with Gasteiger partial charge in [-0.15, -0.1) is 0 Å². The van der Waals surface area contributed by atoms with E-state index in [1.807, 2.05) is 0 Å². The zero-order valence-electron chi connectivity index (χ0n) is 6.14. The molecule has 0 N–H and O–H groups in total. The fourth-order valence-corrected chi connectivity index (χ4v) is 0.174. The highest BCUT2D eigenvalue weighted by molar-refractivity contribution is 5.86. The Morgan fingerprint density at radius 1 is 1.60 bits per heavy atom. The Morgan fingerprint density at radius 3 is 1.90 bits per heavy atom. The summed E-state index contributed by atoms with van der Waals surface area (Å²) in [6.45, 7) is 7.63. The van der Waals surface area contributed by atoms with Crippen molar-refractivity contribution in [3.63, 3.8) is 0 Å². The lowest BCUT2D eigenvalue weighted by Gasteiger charge is -1.91. The van der Waals surface area contributed by atoms with Gasteiger partial charge < -0.3 is 4.74 Å². The minimum atomic E-state index is -0.347. The predicted octanol–water partition coefficient (Wildman–Crippen LogP) is 0.739. The summed E-state index contributed by atoms with van der Waals surface area (Å²) in [5, 5.41) is 0. The third-order valence-electron chi connectivity index (χ3n) is 0.534. The van der Waals surface area contributed by atoms with Gasteiger partial charge in [0.25, 0.3) is 0 Å². The van der Waals surface area contributed by atoms with Crippen molar-refractivity contribution in [1.82, 2.24) is 0 Å². The first-order valence-corrected chi connectivity index (χ1v) is 2.48. The van der Waals surface area contributed by atoms with E-state index < -0.39 is 0 Å². The lowest BCUT2D eigenvalue weighted by atomic mass is 10.4. The van der Waals surface area contributed by atoms with Gasteiger partial charge in [0.05, 0.1) is 7.11 Å². The van der Waals surface area contributed by atoms with E-state index in [0.29, 0.717) is 5.57 Å². The molecule has 0 aromatic rings. The van der Waals surface area contributed by atoms with E-state index in [9.17, 15) is 4.79 Å². The van der Waals surface area contributed by atoms with Gasteiger partial charge in [-0.1, -0.05) is 6.58 Å². The Bertz CT molecular complexity index is 152. The minimum absolute atomic E-state index is 0.347. The van der Waals surface area contributed by atoms with Crippen LogP contribution in [-0.4, -0.2) is 19.0 Å². The molecule has 0 heterocycles. The molecule has 0 aromatic heterocycles. The van der Waals surface area contributed by atoms with Gasteiger partial charge in [-0.25, -0.2) is 9.59 Å². The summed E-state index contributed by atoms with van der Waals surface area (Å²) >= 11 is 0. The van der Waals surface area contributed by atoms with Gasteiger partial charge in [0.1, 0.15) is 5.94 Å². The van der Waals surface area contributed by atoms with Crippen LogP contribution in [0.3, 0.4) is 0 Å². The van der Waals surface area contributed by atoms with E-state index in [1.54, 1.807) is 6.92 Å². The molecule has 0 amide bonds. The maximum absolute atomic E-state index is 10.2. The number of methoxy groups -OCH3 is 1. The number of esters is 1. The number of carbonyl (C=O) groups excluding carboxylic acids is 2. The quantitative estimate of drug-likeness (QED) is 0.308. The Hall–Kier alpha value is -1.34. The van der Waals surface area contributed by atoms with Crippen LogP contribution in [0.5, 0.6) is 0 Å². The van der Waals surface area contributed by atoms with Crippen LogP contribution in [0.2, 0.25) is 0 Å². The molecule has 0 radical (unpaired) electrons. The number of hydrogen-bond acceptors (Lipinski definition) is 3. The number of ether oxygens (including phenoxy) is 1. The van der Waals surface area contributed by atoms with E-state index in [-0.39, 0.29) is 5.97 Å². The smallest absolute Gasteiger partial charge is 0.332 e. The Labute approximate surface area is 60.0 Å². The second-order valence-electron chi connectivity index (χ2n) is 1.42. The summed E-state index contributed by atoms with van der Waals surface area (Å²) in [6.07, 6.45) is 0. The molecule has 0 atom stereocenters. The first kappa shape index (κ1) is 11.5. The molecular formula is C7H10O3. The number of carbonyl (C=O) groups is 1. The van der Waals surface area contributed by atoms with E-state index in [0.717, 1.165) is 0 Å². The summed E-state index contributed by atoms with van der Waals surface area (Å²) < 4.78 is 4.27. The average Bonchev–Trinajstić information content (AvgIpc) is 1.88. The van der Waals surface area contributed by atoms with Crippen LogP contribution in [0.4, 0.5) is 0 Å². The van der Waals surface area contributed by atoms with Crippen LogP contribution in [0.25, 0.3) is 0 Å². The molecule has 0 aromatic carbocycles. The largest absolute Gasteiger partial charge is 0.466 e. The molecular weight excluding hydrogens is 132 g/mol. The van der Waals surface area contributed by atoms with Crippen molar-refractivity contribution in [3.8, 4) is 0 Å². The van der Waals surface area contributed by atoms with Crippen LogP contribution in [-0.2, 0) is 14.3 Å². The Morgan fingerprint density at radius 2 is 1.90 bits per heavy atom. The minimum Gasteiger partial charge on any atom is -0.466 e. The van der Waals surface area contributed by atoms with Gasteiger partial charge in [0.15, 0.2) is 0 Å². The van der Waals surface area contributed by atoms with E-state index in [1.165, 1.54) is 13.1 Å². The van der Waals surface area contributed by atoms with Crippen molar-refractivity contribution < 1.29 is 14.3 Å². The highest BCUT2D eigenvalue weighted by Crippen LogP contribution is 1.87. The van der Waals surface area contributed by atoms with Gasteiger partial charge >= 0.3 is 5.97 Å². The molecule has 3 heteroatoms. The van der Waals surface area contributed by atoms with Crippen molar-refractivity contribution >= 4 is 11.9 Å². The van der Waals surface area contributed by atoms with E-state index >= 15 is 0 Å². The van der Waals surface area contributed by atoms with Crippen LogP contribution >= 0.6 is 0 Å². The van der Waals surface area contributed by atoms with Crippen molar-refractivity contribution in [2.24, 2.45) is 0 Å². The second-order valence-corrected chi connectivity index (χ2v) is 1.42. The molecule has 0 aliphatic rings. The lowest BCUT2D eigenvalue weighted by molar-refractivity contribution is -0.136. The summed E-state index contributed by atoms with van der Waals surface area (Å²) in [4.78, 5) is 18.8. The third kappa shape index (κ3) is 9.83. The molecule has 3 nitrogen and oxygen atoms in total. The SMILES string of the molecule is C=C(C)C(=O)OC.C=C=O. The molecule has 10 heavy (non-hydrogen) atoms. The molecule has 0 saturated heterocycles. The predicted molar refractivity (Wildman–Crippen MR) is 38.2 cm³/mol. The van der Waals surface area contributed by atoms with Gasteiger partial charge in [0, 0.05) is 5.57 Å². The number of rotatable bonds is 1. The molecule has 0 bridgehead atoms. The normalized spacial score (nSPS) is 6.20. The van der Waals surface area contributed by atoms with Crippen LogP contribution in [0, 0.1) is 0 Å². The fourth-order valence-electron chi connectivity index (χ4n) is 0.174. The molecule has 56 valence electrons. The summed E-state index contributed by atoms with van der Waals surface area (Å²) in [7, 11) is 1.33. The average molecular weight is 142 g/mol. The standard InChI is InChI=1S/C5H8O2.C2H2O/c1-4(2)5(6)7-3;1-2-3/h1H2,2-3H3;1H2. The molecule has 0 saturated carbocycles. The summed E-state index contributed by atoms with van der Waals surface area (Å²) in [5.74, 6) is 0.903. The molecule has 0 aliphatic heterocycles. The lowest BCUT2D eigenvalue weighted by Crippen LogP contribution is -1.98. The van der Waals surface area contributed by atoms with Crippen LogP contribution in [0.15, 0.2) is 18.7 Å². The molecule has 0 rings (SSSR count). The first-order chi connectivity index (χ1) is 4.59. The molecule has 0 spiro atoms. The second kappa shape index (κ2) is 7.66. The third-order valence-corrected chi connectivity index (χ3v) is 0.534. The highest BCUT2D eigenvalue weighted by atomic mass is 16.5. The van der Waals surface area contributed by atoms with Crippen molar-refractivity contribution in [2.75, 3.05) is 7.11 Å². The van der Waals surface area contributed by atoms with Crippen LogP contribution in [0.1, 0.15) is 6.92 Å². The van der Waals surface area contributed by atoms with Gasteiger partial charge in [-0.05, 0) is 13.5 Å². The topological polar surface area (TPSA) is 43.4 Å². The van der Waals surface area contributed by atoms with Gasteiger partial charge in [-0.2, -0.15) is 0 Å². The van der Waals surface area contributed by atoms with Gasteiger partial charge in [0.2, 0.25) is 0 Å². The zero-order valence-corrected chi connectivity index (χ0v) is 6.14. The molecule has 0 unspecified atom stereocenters. The van der Waals surface area contributed by atoms with E-state index in [2.05, 4.69) is 17.9 Å². The molecule has 0 aliphatic carbocycles. The van der Waals surface area contributed by atoms with E-state index in [4.69, 9.17) is 4.79 Å². The van der Waals surface area contributed by atoms with Crippen molar-refractivity contribution in [3.05, 3.63) is 18.7 Å². The number of hydrogen-bond donors (Lipinski definition) is 0.